The van der Waals surface area contributed by atoms with E-state index in [-0.39, 0.29) is 5.25 Å². The Balaban J connectivity index is 2.56. The molecule has 0 saturated carbocycles. The number of sulfone groups is 1. The molecule has 0 bridgehead atoms. The van der Waals surface area contributed by atoms with Gasteiger partial charge in [0.2, 0.25) is 0 Å². The molecule has 1 unspecified atom stereocenters. The molecule has 15 heavy (non-hydrogen) atoms. The Morgan fingerprint density at radius 1 is 1.33 bits per heavy atom. The average molecular weight is 224 g/mol. The van der Waals surface area contributed by atoms with Crippen LogP contribution in [-0.4, -0.2) is 14.2 Å². The Labute approximate surface area is 91.2 Å². The van der Waals surface area contributed by atoms with Crippen molar-refractivity contribution in [3.05, 3.63) is 35.4 Å². The topological polar surface area (TPSA) is 34.1 Å². The van der Waals surface area contributed by atoms with E-state index in [1.165, 1.54) is 5.56 Å². The first-order valence-electron chi connectivity index (χ1n) is 5.44. The fourth-order valence-corrected chi connectivity index (χ4v) is 4.31. The number of rotatable bonds is 1. The maximum atomic E-state index is 12.0. The van der Waals surface area contributed by atoms with E-state index in [0.717, 1.165) is 18.4 Å². The average Bonchev–Trinajstić information content (AvgIpc) is 2.32. The van der Waals surface area contributed by atoms with Crippen molar-refractivity contribution in [2.24, 2.45) is 0 Å². The summed E-state index contributed by atoms with van der Waals surface area (Å²) in [4.78, 5) is 0. The van der Waals surface area contributed by atoms with Crippen LogP contribution in [-0.2, 0) is 16.3 Å². The molecule has 1 aromatic rings. The third kappa shape index (κ3) is 1.93. The molecule has 0 aliphatic carbocycles. The van der Waals surface area contributed by atoms with Crippen molar-refractivity contribution in [2.75, 3.05) is 5.75 Å². The number of fused-ring (bicyclic) bond motifs is 1. The molecule has 3 heteroatoms. The van der Waals surface area contributed by atoms with Crippen molar-refractivity contribution in [3.63, 3.8) is 0 Å². The van der Waals surface area contributed by atoms with Gasteiger partial charge in [-0.15, -0.1) is 0 Å². The van der Waals surface area contributed by atoms with Crippen molar-refractivity contribution in [1.29, 1.82) is 0 Å². The molecule has 0 N–H and O–H groups in total. The molecular formula is C12H16O2S. The number of aryl methyl sites for hydroxylation is 1. The minimum Gasteiger partial charge on any atom is -0.228 e. The first kappa shape index (κ1) is 10.7. The zero-order valence-corrected chi connectivity index (χ0v) is 9.76. The van der Waals surface area contributed by atoms with Crippen molar-refractivity contribution in [3.8, 4) is 0 Å². The summed E-state index contributed by atoms with van der Waals surface area (Å²) in [5.74, 6) is 0.334. The Morgan fingerprint density at radius 2 is 2.07 bits per heavy atom. The summed E-state index contributed by atoms with van der Waals surface area (Å²) in [6.07, 6.45) is 2.33. The first-order valence-corrected chi connectivity index (χ1v) is 7.16. The molecular weight excluding hydrogens is 208 g/mol. The summed E-state index contributed by atoms with van der Waals surface area (Å²) >= 11 is 0. The van der Waals surface area contributed by atoms with Gasteiger partial charge < -0.3 is 0 Å². The first-order chi connectivity index (χ1) is 7.15. The Morgan fingerprint density at radius 3 is 2.80 bits per heavy atom. The van der Waals surface area contributed by atoms with Crippen LogP contribution in [0, 0.1) is 0 Å². The van der Waals surface area contributed by atoms with Gasteiger partial charge in [0, 0.05) is 0 Å². The van der Waals surface area contributed by atoms with Crippen molar-refractivity contribution in [1.82, 2.24) is 0 Å². The lowest BCUT2D eigenvalue weighted by Crippen LogP contribution is -2.14. The molecule has 0 spiro atoms. The van der Waals surface area contributed by atoms with E-state index in [1.54, 1.807) is 0 Å². The summed E-state index contributed by atoms with van der Waals surface area (Å²) < 4.78 is 24.0. The molecule has 1 aliphatic rings. The van der Waals surface area contributed by atoms with Crippen LogP contribution in [0.25, 0.3) is 0 Å². The maximum absolute atomic E-state index is 12.0. The second kappa shape index (κ2) is 3.97. The van der Waals surface area contributed by atoms with E-state index in [2.05, 4.69) is 6.07 Å². The smallest absolute Gasteiger partial charge is 0.157 e. The van der Waals surface area contributed by atoms with Gasteiger partial charge in [0.1, 0.15) is 0 Å². The molecule has 0 fully saturated rings. The highest BCUT2D eigenvalue weighted by molar-refractivity contribution is 7.91. The fraction of sp³-hybridized carbons (Fsp3) is 0.500. The van der Waals surface area contributed by atoms with Gasteiger partial charge in [0.15, 0.2) is 9.84 Å². The standard InChI is InChI=1S/C12H16O2S/c1-2-12-11-8-4-3-6-10(11)7-5-9-15(12,13)14/h3-4,6,8,12H,2,5,7,9H2,1H3. The van der Waals surface area contributed by atoms with E-state index < -0.39 is 9.84 Å². The fourth-order valence-electron chi connectivity index (χ4n) is 2.35. The molecule has 0 saturated heterocycles. The van der Waals surface area contributed by atoms with Crippen LogP contribution in [0.1, 0.15) is 36.1 Å². The second-order valence-electron chi connectivity index (χ2n) is 4.07. The normalized spacial score (nSPS) is 24.2. The van der Waals surface area contributed by atoms with E-state index in [9.17, 15) is 8.42 Å². The molecule has 2 nitrogen and oxygen atoms in total. The number of benzene rings is 1. The minimum atomic E-state index is -2.92. The van der Waals surface area contributed by atoms with Gasteiger partial charge in [-0.3, -0.25) is 0 Å². The van der Waals surface area contributed by atoms with Crippen molar-refractivity contribution < 1.29 is 8.42 Å². The van der Waals surface area contributed by atoms with Gasteiger partial charge in [-0.05, 0) is 30.4 Å². The largest absolute Gasteiger partial charge is 0.228 e. The van der Waals surface area contributed by atoms with Crippen molar-refractivity contribution in [2.45, 2.75) is 31.4 Å². The Bertz CT molecular complexity index is 448. The summed E-state index contributed by atoms with van der Waals surface area (Å²) in [5.41, 5.74) is 2.24. The van der Waals surface area contributed by atoms with Crippen LogP contribution in [0.3, 0.4) is 0 Å². The second-order valence-corrected chi connectivity index (χ2v) is 6.37. The number of hydrogen-bond donors (Lipinski definition) is 0. The highest BCUT2D eigenvalue weighted by atomic mass is 32.2. The molecule has 1 atom stereocenters. The zero-order valence-electron chi connectivity index (χ0n) is 8.94. The molecule has 82 valence electrons. The summed E-state index contributed by atoms with van der Waals surface area (Å²) in [6, 6.07) is 7.94. The number of hydrogen-bond acceptors (Lipinski definition) is 2. The molecule has 0 aromatic heterocycles. The molecule has 1 aromatic carbocycles. The SMILES string of the molecule is CCC1c2ccccc2CCCS1(=O)=O. The monoisotopic (exact) mass is 224 g/mol. The van der Waals surface area contributed by atoms with Gasteiger partial charge in [0.05, 0.1) is 11.0 Å². The quantitative estimate of drug-likeness (QED) is 0.734. The molecule has 1 aliphatic heterocycles. The minimum absolute atomic E-state index is 0.281. The lowest BCUT2D eigenvalue weighted by Gasteiger charge is -2.15. The predicted octanol–water partition coefficient (Wildman–Crippen LogP) is 2.50. The maximum Gasteiger partial charge on any atom is 0.157 e. The molecule has 0 amide bonds. The molecule has 0 radical (unpaired) electrons. The van der Waals surface area contributed by atoms with E-state index >= 15 is 0 Å². The summed E-state index contributed by atoms with van der Waals surface area (Å²) in [6.45, 7) is 1.95. The summed E-state index contributed by atoms with van der Waals surface area (Å²) in [7, 11) is -2.92. The van der Waals surface area contributed by atoms with Gasteiger partial charge >= 0.3 is 0 Å². The zero-order chi connectivity index (χ0) is 10.9. The summed E-state index contributed by atoms with van der Waals surface area (Å²) in [5, 5.41) is -0.281. The van der Waals surface area contributed by atoms with Crippen LogP contribution in [0.15, 0.2) is 24.3 Å². The van der Waals surface area contributed by atoms with E-state index in [0.29, 0.717) is 12.2 Å². The third-order valence-electron chi connectivity index (χ3n) is 3.08. The lowest BCUT2D eigenvalue weighted by atomic mass is 10.00. The Hall–Kier alpha value is -0.830. The highest BCUT2D eigenvalue weighted by Gasteiger charge is 2.29. The van der Waals surface area contributed by atoms with Crippen LogP contribution in [0.2, 0.25) is 0 Å². The van der Waals surface area contributed by atoms with Gasteiger partial charge in [-0.2, -0.15) is 0 Å². The van der Waals surface area contributed by atoms with Gasteiger partial charge in [-0.25, -0.2) is 8.42 Å². The van der Waals surface area contributed by atoms with Gasteiger partial charge in [-0.1, -0.05) is 31.2 Å². The molecule has 2 rings (SSSR count). The van der Waals surface area contributed by atoms with Crippen LogP contribution >= 0.6 is 0 Å². The molecule has 1 heterocycles. The van der Waals surface area contributed by atoms with Gasteiger partial charge in [0.25, 0.3) is 0 Å². The third-order valence-corrected chi connectivity index (χ3v) is 5.39. The van der Waals surface area contributed by atoms with Crippen LogP contribution in [0.4, 0.5) is 0 Å². The van der Waals surface area contributed by atoms with Crippen LogP contribution in [0.5, 0.6) is 0 Å². The highest BCUT2D eigenvalue weighted by Crippen LogP contribution is 2.33. The van der Waals surface area contributed by atoms with Crippen LogP contribution < -0.4 is 0 Å². The van der Waals surface area contributed by atoms with Crippen molar-refractivity contribution >= 4 is 9.84 Å². The predicted molar refractivity (Wildman–Crippen MR) is 61.6 cm³/mol. The lowest BCUT2D eigenvalue weighted by molar-refractivity contribution is 0.579. The van der Waals surface area contributed by atoms with E-state index in [4.69, 9.17) is 0 Å². The Kier molecular flexibility index (Phi) is 2.83. The van der Waals surface area contributed by atoms with E-state index in [1.807, 2.05) is 25.1 Å².